The second kappa shape index (κ2) is 19.2. The molecule has 50 heavy (non-hydrogen) atoms. The third kappa shape index (κ3) is 14.0. The number of nitrogens with two attached hydrogens (primary N) is 1. The van der Waals surface area contributed by atoms with E-state index >= 15 is 0 Å². The number of aromatic nitrogens is 1. The lowest BCUT2D eigenvalue weighted by molar-refractivity contribution is -0.146. The van der Waals surface area contributed by atoms with Crippen LogP contribution in [0.25, 0.3) is 17.0 Å². The number of ether oxygens (including phenoxy) is 2. The lowest BCUT2D eigenvalue weighted by Crippen LogP contribution is -2.56. The van der Waals surface area contributed by atoms with Crippen LogP contribution in [0.5, 0.6) is 0 Å². The Labute approximate surface area is 308 Å². The van der Waals surface area contributed by atoms with Gasteiger partial charge < -0.3 is 31.2 Å². The van der Waals surface area contributed by atoms with Crippen LogP contribution in [-0.2, 0) is 33.4 Å². The van der Waals surface area contributed by atoms with E-state index in [1.807, 2.05) is 50.3 Å². The fraction of sp³-hybridized carbons (Fsp3) is 0.543. The summed E-state index contributed by atoms with van der Waals surface area (Å²) >= 11 is 16.7. The molecule has 0 aliphatic rings. The largest absolute Gasteiger partial charge is 0.460 e. The fourth-order valence-electron chi connectivity index (χ4n) is 4.63. The maximum absolute atomic E-state index is 13.5. The molecule has 0 bridgehead atoms. The molecule has 0 saturated carbocycles. The lowest BCUT2D eigenvalue weighted by atomic mass is 9.89. The smallest absolute Gasteiger partial charge is 0.323 e. The van der Waals surface area contributed by atoms with Crippen molar-refractivity contribution >= 4 is 81.4 Å². The minimum Gasteiger partial charge on any atom is -0.460 e. The van der Waals surface area contributed by atoms with Gasteiger partial charge in [0.05, 0.1) is 16.6 Å². The van der Waals surface area contributed by atoms with Crippen LogP contribution in [0.15, 0.2) is 36.4 Å². The van der Waals surface area contributed by atoms with E-state index < -0.39 is 63.8 Å². The highest BCUT2D eigenvalue weighted by atomic mass is 35.6. The monoisotopic (exact) mass is 755 g/mol. The summed E-state index contributed by atoms with van der Waals surface area (Å²) in [6.45, 7) is 11.6. The SMILES string of the molecule is CC[C@H](C)[C@H](NC(=O)C(C)(C)/C=C/c1ccc2ccc([C@@H](C)OC(C)=O)nc2c1)C(=O)N[C@@H](C)C(=O)NCCC[C@H](N)C(=O)OCC(Cl)(Cl)Cl. The normalized spacial score (nSPS) is 15.0. The number of alkyl halides is 3. The van der Waals surface area contributed by atoms with Gasteiger partial charge in [0.1, 0.15) is 30.8 Å². The van der Waals surface area contributed by atoms with Gasteiger partial charge >= 0.3 is 11.9 Å². The van der Waals surface area contributed by atoms with Gasteiger partial charge in [0, 0.05) is 18.9 Å². The molecule has 1 aromatic carbocycles. The van der Waals surface area contributed by atoms with Crippen molar-refractivity contribution in [1.29, 1.82) is 0 Å². The number of halogens is 3. The number of nitrogens with zero attached hydrogens (tertiary/aromatic N) is 1. The van der Waals surface area contributed by atoms with Crippen molar-refractivity contribution in [1.82, 2.24) is 20.9 Å². The molecule has 0 saturated heterocycles. The summed E-state index contributed by atoms with van der Waals surface area (Å²) in [4.78, 5) is 67.5. The van der Waals surface area contributed by atoms with Gasteiger partial charge in [-0.25, -0.2) is 4.98 Å². The van der Waals surface area contributed by atoms with Crippen molar-refractivity contribution in [3.63, 3.8) is 0 Å². The molecule has 276 valence electrons. The van der Waals surface area contributed by atoms with Crippen LogP contribution < -0.4 is 21.7 Å². The first-order valence-electron chi connectivity index (χ1n) is 16.4. The first-order valence-corrected chi connectivity index (χ1v) is 17.5. The summed E-state index contributed by atoms with van der Waals surface area (Å²) in [6.07, 6.45) is 4.24. The van der Waals surface area contributed by atoms with Gasteiger partial charge in [0.2, 0.25) is 21.5 Å². The van der Waals surface area contributed by atoms with Gasteiger partial charge in [-0.3, -0.25) is 24.0 Å². The molecule has 0 fully saturated rings. The summed E-state index contributed by atoms with van der Waals surface area (Å²) < 4.78 is 8.36. The highest BCUT2D eigenvalue weighted by molar-refractivity contribution is 6.67. The number of fused-ring (bicyclic) bond motifs is 1. The molecule has 0 radical (unpaired) electrons. The zero-order valence-electron chi connectivity index (χ0n) is 29.5. The predicted molar refractivity (Wildman–Crippen MR) is 195 cm³/mol. The van der Waals surface area contributed by atoms with Crippen LogP contribution in [0.1, 0.15) is 85.1 Å². The van der Waals surface area contributed by atoms with Crippen LogP contribution in [0.3, 0.4) is 0 Å². The van der Waals surface area contributed by atoms with Crippen LogP contribution in [-0.4, -0.2) is 69.7 Å². The van der Waals surface area contributed by atoms with Gasteiger partial charge in [0.25, 0.3) is 0 Å². The quantitative estimate of drug-likeness (QED) is 0.0975. The highest BCUT2D eigenvalue weighted by Gasteiger charge is 2.33. The molecule has 0 unspecified atom stereocenters. The Balaban J connectivity index is 1.99. The second-order valence-corrected chi connectivity index (χ2v) is 15.3. The first-order chi connectivity index (χ1) is 23.2. The topological polar surface area (TPSA) is 179 Å². The predicted octanol–water partition coefficient (Wildman–Crippen LogP) is 5.07. The fourth-order valence-corrected chi connectivity index (χ4v) is 4.80. The zero-order valence-corrected chi connectivity index (χ0v) is 31.7. The highest BCUT2D eigenvalue weighted by Crippen LogP contribution is 2.26. The Morgan fingerprint density at radius 3 is 2.28 bits per heavy atom. The minimum atomic E-state index is -1.74. The Bertz CT molecular complexity index is 1550. The molecular weight excluding hydrogens is 709 g/mol. The molecule has 3 amide bonds. The molecule has 0 spiro atoms. The van der Waals surface area contributed by atoms with E-state index in [4.69, 9.17) is 50.0 Å². The maximum atomic E-state index is 13.5. The standard InChI is InChI=1S/C35H48Cl3N5O7/c1-8-20(2)29(31(46)41-21(3)30(45)40-17-9-10-26(39)32(47)49-19-35(36,37)38)43-33(48)34(6,7)16-15-24-11-12-25-13-14-27(42-28(25)18-24)22(4)50-23(5)44/h11-16,18,20-22,26,29H,8-10,17,19,39H2,1-7H3,(H,40,45)(H,41,46)(H,43,48)/b16-15+/t20-,21-,22+,26-,29-/m0/s1. The molecule has 2 aromatic rings. The van der Waals surface area contributed by atoms with Crippen molar-refractivity contribution in [3.8, 4) is 0 Å². The van der Waals surface area contributed by atoms with Gasteiger partial charge in [0.15, 0.2) is 0 Å². The number of pyridine rings is 1. The molecule has 1 aromatic heterocycles. The Hall–Kier alpha value is -3.45. The number of rotatable bonds is 17. The van der Waals surface area contributed by atoms with Crippen LogP contribution in [0.2, 0.25) is 0 Å². The van der Waals surface area contributed by atoms with Crippen molar-refractivity contribution in [3.05, 3.63) is 47.7 Å². The molecular formula is C35H48Cl3N5O7. The zero-order chi connectivity index (χ0) is 37.8. The summed E-state index contributed by atoms with van der Waals surface area (Å²) in [6, 6.07) is 6.66. The third-order valence-corrected chi connectivity index (χ3v) is 8.31. The Kier molecular flexibility index (Phi) is 16.4. The number of benzene rings is 1. The summed E-state index contributed by atoms with van der Waals surface area (Å²) in [5.41, 5.74) is 6.93. The average molecular weight is 757 g/mol. The number of carbonyl (C=O) groups is 5. The lowest BCUT2D eigenvalue weighted by Gasteiger charge is -2.29. The van der Waals surface area contributed by atoms with E-state index in [1.165, 1.54) is 13.8 Å². The second-order valence-electron chi connectivity index (χ2n) is 12.8. The molecule has 15 heteroatoms. The van der Waals surface area contributed by atoms with E-state index in [2.05, 4.69) is 20.9 Å². The Morgan fingerprint density at radius 1 is 1.00 bits per heavy atom. The van der Waals surface area contributed by atoms with E-state index in [0.29, 0.717) is 24.1 Å². The number of esters is 2. The molecule has 5 N–H and O–H groups in total. The molecule has 0 aliphatic heterocycles. The van der Waals surface area contributed by atoms with E-state index in [0.717, 1.165) is 10.9 Å². The van der Waals surface area contributed by atoms with Gasteiger partial charge in [-0.1, -0.05) is 85.4 Å². The van der Waals surface area contributed by atoms with E-state index in [-0.39, 0.29) is 24.8 Å². The molecule has 1 heterocycles. The van der Waals surface area contributed by atoms with Crippen molar-refractivity contribution in [2.75, 3.05) is 13.2 Å². The average Bonchev–Trinajstić information content (AvgIpc) is 3.05. The number of hydrogen-bond donors (Lipinski definition) is 4. The van der Waals surface area contributed by atoms with Crippen LogP contribution in [0, 0.1) is 11.3 Å². The number of nitrogens with one attached hydrogen (secondary N) is 3. The van der Waals surface area contributed by atoms with Crippen molar-refractivity contribution in [2.24, 2.45) is 17.1 Å². The summed E-state index contributed by atoms with van der Waals surface area (Å²) in [5.74, 6) is -2.65. The van der Waals surface area contributed by atoms with Crippen LogP contribution >= 0.6 is 34.8 Å². The van der Waals surface area contributed by atoms with E-state index in [9.17, 15) is 24.0 Å². The van der Waals surface area contributed by atoms with Crippen LogP contribution in [0.4, 0.5) is 0 Å². The van der Waals surface area contributed by atoms with Gasteiger partial charge in [-0.15, -0.1) is 0 Å². The number of carbonyl (C=O) groups excluding carboxylic acids is 5. The van der Waals surface area contributed by atoms with Gasteiger partial charge in [-0.05, 0) is 64.2 Å². The Morgan fingerprint density at radius 2 is 1.66 bits per heavy atom. The number of amides is 3. The molecule has 2 rings (SSSR count). The molecule has 5 atom stereocenters. The minimum absolute atomic E-state index is 0.193. The molecule has 12 nitrogen and oxygen atoms in total. The maximum Gasteiger partial charge on any atom is 0.323 e. The van der Waals surface area contributed by atoms with Crippen molar-refractivity contribution in [2.45, 2.75) is 95.8 Å². The summed E-state index contributed by atoms with van der Waals surface area (Å²) in [7, 11) is 0. The van der Waals surface area contributed by atoms with Gasteiger partial charge in [-0.2, -0.15) is 0 Å². The first kappa shape index (κ1) is 42.7. The molecule has 0 aliphatic carbocycles. The van der Waals surface area contributed by atoms with E-state index in [1.54, 1.807) is 26.8 Å². The van der Waals surface area contributed by atoms with Crippen molar-refractivity contribution < 1.29 is 33.4 Å². The summed E-state index contributed by atoms with van der Waals surface area (Å²) in [5, 5.41) is 9.18. The number of hydrogen-bond acceptors (Lipinski definition) is 9. The third-order valence-electron chi connectivity index (χ3n) is 7.98.